The Kier molecular flexibility index (Phi) is 3.22. The molecule has 2 rings (SSSR count). The molecule has 1 saturated carbocycles. The SMILES string of the molecule is CS(=O)(=O)Cc1noc(CC2(N)CCCC2)n1. The molecule has 1 heterocycles. The van der Waals surface area contributed by atoms with Crippen molar-refractivity contribution in [2.45, 2.75) is 43.4 Å². The fourth-order valence-corrected chi connectivity index (χ4v) is 2.80. The van der Waals surface area contributed by atoms with Gasteiger partial charge in [0.15, 0.2) is 15.7 Å². The smallest absolute Gasteiger partial charge is 0.228 e. The first-order valence-corrected chi connectivity index (χ1v) is 7.70. The third-order valence-corrected chi connectivity index (χ3v) is 3.79. The zero-order valence-electron chi connectivity index (χ0n) is 9.85. The highest BCUT2D eigenvalue weighted by atomic mass is 32.2. The van der Waals surface area contributed by atoms with Gasteiger partial charge in [-0.15, -0.1) is 0 Å². The van der Waals surface area contributed by atoms with Crippen LogP contribution in [0.25, 0.3) is 0 Å². The Labute approximate surface area is 100 Å². The van der Waals surface area contributed by atoms with Gasteiger partial charge < -0.3 is 10.3 Å². The van der Waals surface area contributed by atoms with Crippen LogP contribution in [0.2, 0.25) is 0 Å². The lowest BCUT2D eigenvalue weighted by atomic mass is 9.95. The minimum Gasteiger partial charge on any atom is -0.339 e. The van der Waals surface area contributed by atoms with Gasteiger partial charge >= 0.3 is 0 Å². The maximum absolute atomic E-state index is 11.1. The second kappa shape index (κ2) is 4.38. The highest BCUT2D eigenvalue weighted by molar-refractivity contribution is 7.89. The second-order valence-corrected chi connectivity index (χ2v) is 7.06. The van der Waals surface area contributed by atoms with Crippen molar-refractivity contribution in [3.63, 3.8) is 0 Å². The van der Waals surface area contributed by atoms with Crippen LogP contribution >= 0.6 is 0 Å². The van der Waals surface area contributed by atoms with E-state index >= 15 is 0 Å². The standard InChI is InChI=1S/C10H17N3O3S/c1-17(14,15)7-8-12-9(16-13-8)6-10(11)4-2-3-5-10/h2-7,11H2,1H3. The van der Waals surface area contributed by atoms with Gasteiger partial charge in [0.05, 0.1) is 0 Å². The van der Waals surface area contributed by atoms with Crippen LogP contribution in [0.5, 0.6) is 0 Å². The first-order valence-electron chi connectivity index (χ1n) is 5.64. The van der Waals surface area contributed by atoms with Crippen LogP contribution in [0.4, 0.5) is 0 Å². The minimum atomic E-state index is -3.12. The van der Waals surface area contributed by atoms with Crippen molar-refractivity contribution in [2.75, 3.05) is 6.26 Å². The lowest BCUT2D eigenvalue weighted by Crippen LogP contribution is -2.38. The first kappa shape index (κ1) is 12.5. The number of hydrogen-bond acceptors (Lipinski definition) is 6. The zero-order valence-corrected chi connectivity index (χ0v) is 10.7. The van der Waals surface area contributed by atoms with E-state index in [0.717, 1.165) is 31.9 Å². The molecule has 7 heteroatoms. The van der Waals surface area contributed by atoms with Crippen LogP contribution in [0, 0.1) is 0 Å². The van der Waals surface area contributed by atoms with Gasteiger partial charge in [-0.05, 0) is 12.8 Å². The number of sulfone groups is 1. The van der Waals surface area contributed by atoms with E-state index in [2.05, 4.69) is 10.1 Å². The molecular weight excluding hydrogens is 242 g/mol. The molecule has 1 aliphatic carbocycles. The van der Waals surface area contributed by atoms with E-state index in [4.69, 9.17) is 10.3 Å². The van der Waals surface area contributed by atoms with Crippen LogP contribution in [0.1, 0.15) is 37.4 Å². The summed E-state index contributed by atoms with van der Waals surface area (Å²) >= 11 is 0. The van der Waals surface area contributed by atoms with Crippen molar-refractivity contribution >= 4 is 9.84 Å². The molecule has 6 nitrogen and oxygen atoms in total. The van der Waals surface area contributed by atoms with E-state index in [9.17, 15) is 8.42 Å². The van der Waals surface area contributed by atoms with Crippen molar-refractivity contribution in [1.82, 2.24) is 10.1 Å². The van der Waals surface area contributed by atoms with Crippen LogP contribution in [-0.2, 0) is 22.0 Å². The quantitative estimate of drug-likeness (QED) is 0.841. The fourth-order valence-electron chi connectivity index (χ4n) is 2.21. The highest BCUT2D eigenvalue weighted by Gasteiger charge is 2.31. The Morgan fingerprint density at radius 3 is 2.65 bits per heavy atom. The summed E-state index contributed by atoms with van der Waals surface area (Å²) in [4.78, 5) is 4.07. The van der Waals surface area contributed by atoms with Gasteiger partial charge in [-0.3, -0.25) is 0 Å². The lowest BCUT2D eigenvalue weighted by Gasteiger charge is -2.20. The average Bonchev–Trinajstić information content (AvgIpc) is 2.74. The molecule has 1 aromatic rings. The van der Waals surface area contributed by atoms with Crippen molar-refractivity contribution in [1.29, 1.82) is 0 Å². The molecule has 1 aliphatic rings. The van der Waals surface area contributed by atoms with E-state index in [1.54, 1.807) is 0 Å². The van der Waals surface area contributed by atoms with Crippen molar-refractivity contribution in [2.24, 2.45) is 5.73 Å². The number of rotatable bonds is 4. The molecular formula is C10H17N3O3S. The van der Waals surface area contributed by atoms with Crippen LogP contribution in [-0.4, -0.2) is 30.4 Å². The summed E-state index contributed by atoms with van der Waals surface area (Å²) in [5, 5.41) is 3.65. The maximum Gasteiger partial charge on any atom is 0.228 e. The summed E-state index contributed by atoms with van der Waals surface area (Å²) in [6, 6.07) is 0. The molecule has 0 bridgehead atoms. The third kappa shape index (κ3) is 3.50. The van der Waals surface area contributed by atoms with Gasteiger partial charge in [-0.2, -0.15) is 4.98 Å². The summed E-state index contributed by atoms with van der Waals surface area (Å²) in [6.07, 6.45) is 5.84. The molecule has 1 fully saturated rings. The summed E-state index contributed by atoms with van der Waals surface area (Å²) in [7, 11) is -3.12. The number of hydrogen-bond donors (Lipinski definition) is 1. The molecule has 0 saturated heterocycles. The normalized spacial score (nSPS) is 19.6. The summed E-state index contributed by atoms with van der Waals surface area (Å²) in [5.41, 5.74) is 5.93. The average molecular weight is 259 g/mol. The van der Waals surface area contributed by atoms with E-state index in [0.29, 0.717) is 12.3 Å². The predicted octanol–water partition coefficient (Wildman–Crippen LogP) is 0.428. The maximum atomic E-state index is 11.1. The first-order chi connectivity index (χ1) is 7.86. The molecule has 17 heavy (non-hydrogen) atoms. The lowest BCUT2D eigenvalue weighted by molar-refractivity contribution is 0.327. The minimum absolute atomic E-state index is 0.186. The molecule has 0 radical (unpaired) electrons. The predicted molar refractivity (Wildman–Crippen MR) is 61.9 cm³/mol. The van der Waals surface area contributed by atoms with Gasteiger partial charge in [-0.25, -0.2) is 8.42 Å². The van der Waals surface area contributed by atoms with E-state index < -0.39 is 9.84 Å². The molecule has 1 aromatic heterocycles. The Balaban J connectivity index is 2.03. The van der Waals surface area contributed by atoms with Gasteiger partial charge in [0.1, 0.15) is 5.75 Å². The Hall–Kier alpha value is -0.950. The second-order valence-electron chi connectivity index (χ2n) is 4.92. The van der Waals surface area contributed by atoms with Gasteiger partial charge in [0.25, 0.3) is 0 Å². The molecule has 0 atom stereocenters. The Bertz CT molecular complexity index is 489. The Morgan fingerprint density at radius 2 is 2.06 bits per heavy atom. The molecule has 2 N–H and O–H groups in total. The largest absolute Gasteiger partial charge is 0.339 e. The molecule has 0 aromatic carbocycles. The van der Waals surface area contributed by atoms with Gasteiger partial charge in [0.2, 0.25) is 5.89 Å². The van der Waals surface area contributed by atoms with Crippen LogP contribution in [0.3, 0.4) is 0 Å². The summed E-state index contributed by atoms with van der Waals surface area (Å²) in [6.45, 7) is 0. The molecule has 0 aliphatic heterocycles. The summed E-state index contributed by atoms with van der Waals surface area (Å²) in [5.74, 6) is 0.464. The highest BCUT2D eigenvalue weighted by Crippen LogP contribution is 2.29. The summed E-state index contributed by atoms with van der Waals surface area (Å²) < 4.78 is 27.2. The van der Waals surface area contributed by atoms with E-state index in [1.165, 1.54) is 0 Å². The van der Waals surface area contributed by atoms with Crippen molar-refractivity contribution in [3.8, 4) is 0 Å². The van der Waals surface area contributed by atoms with Crippen molar-refractivity contribution < 1.29 is 12.9 Å². The van der Waals surface area contributed by atoms with Gasteiger partial charge in [-0.1, -0.05) is 18.0 Å². The van der Waals surface area contributed by atoms with E-state index in [-0.39, 0.29) is 17.1 Å². The van der Waals surface area contributed by atoms with Crippen LogP contribution < -0.4 is 5.73 Å². The molecule has 0 spiro atoms. The zero-order chi connectivity index (χ0) is 12.5. The number of aromatic nitrogens is 2. The number of nitrogens with zero attached hydrogens (tertiary/aromatic N) is 2. The fraction of sp³-hybridized carbons (Fsp3) is 0.800. The third-order valence-electron chi connectivity index (χ3n) is 3.00. The molecule has 96 valence electrons. The Morgan fingerprint density at radius 1 is 1.41 bits per heavy atom. The van der Waals surface area contributed by atoms with Crippen molar-refractivity contribution in [3.05, 3.63) is 11.7 Å². The van der Waals surface area contributed by atoms with Gasteiger partial charge in [0, 0.05) is 18.2 Å². The number of nitrogens with two attached hydrogens (primary N) is 1. The monoisotopic (exact) mass is 259 g/mol. The van der Waals surface area contributed by atoms with E-state index in [1.807, 2.05) is 0 Å². The topological polar surface area (TPSA) is 99.1 Å². The molecule has 0 unspecified atom stereocenters. The molecule has 0 amide bonds. The van der Waals surface area contributed by atoms with Crippen LogP contribution in [0.15, 0.2) is 4.52 Å².